The maximum absolute atomic E-state index is 9.91. The van der Waals surface area contributed by atoms with Gasteiger partial charge in [-0.2, -0.15) is 5.26 Å². The van der Waals surface area contributed by atoms with Crippen LogP contribution in [-0.2, 0) is 5.41 Å². The van der Waals surface area contributed by atoms with Gasteiger partial charge >= 0.3 is 0 Å². The predicted molar refractivity (Wildman–Crippen MR) is 238 cm³/mol. The van der Waals surface area contributed by atoms with Crippen LogP contribution in [0.15, 0.2) is 188 Å². The third kappa shape index (κ3) is 4.25. The van der Waals surface area contributed by atoms with Gasteiger partial charge in [0.15, 0.2) is 0 Å². The fraction of sp³-hybridized carbons (Fsp3) is 0.0185. The van der Waals surface area contributed by atoms with Crippen LogP contribution in [0.5, 0.6) is 11.5 Å². The monoisotopic (exact) mass is 765 g/mol. The van der Waals surface area contributed by atoms with Gasteiger partial charge in [0, 0.05) is 45.1 Å². The van der Waals surface area contributed by atoms with Gasteiger partial charge in [-0.25, -0.2) is 0 Å². The second-order valence-electron chi connectivity index (χ2n) is 15.6. The molecule has 0 N–H and O–H groups in total. The van der Waals surface area contributed by atoms with E-state index in [9.17, 15) is 5.26 Å². The number of pyridine rings is 2. The average Bonchev–Trinajstić information content (AvgIpc) is 3.93. The predicted octanol–water partition coefficient (Wildman–Crippen LogP) is 12.7. The van der Waals surface area contributed by atoms with Crippen molar-refractivity contribution in [2.45, 2.75) is 5.41 Å². The van der Waals surface area contributed by atoms with Crippen molar-refractivity contribution in [3.05, 3.63) is 216 Å². The van der Waals surface area contributed by atoms with Gasteiger partial charge < -0.3 is 13.9 Å². The minimum absolute atomic E-state index is 0.638. The minimum Gasteiger partial charge on any atom is -0.457 e. The van der Waals surface area contributed by atoms with E-state index in [1.54, 1.807) is 0 Å². The van der Waals surface area contributed by atoms with Gasteiger partial charge in [-0.15, -0.1) is 0 Å². The third-order valence-electron chi connectivity index (χ3n) is 12.7. The molecule has 6 heteroatoms. The fourth-order valence-electron chi connectivity index (χ4n) is 10.3. The van der Waals surface area contributed by atoms with E-state index in [0.29, 0.717) is 5.56 Å². The van der Waals surface area contributed by atoms with Crippen LogP contribution in [0.1, 0.15) is 27.8 Å². The van der Waals surface area contributed by atoms with Crippen molar-refractivity contribution in [1.29, 1.82) is 5.26 Å². The molecule has 0 amide bonds. The topological polar surface area (TPSA) is 68.7 Å². The van der Waals surface area contributed by atoms with Gasteiger partial charge in [-0.1, -0.05) is 97.1 Å². The first-order valence-corrected chi connectivity index (χ1v) is 20.1. The van der Waals surface area contributed by atoms with Crippen molar-refractivity contribution < 1.29 is 4.74 Å². The number of aromatic nitrogens is 4. The zero-order valence-corrected chi connectivity index (χ0v) is 32.0. The number of benzene rings is 7. The Hall–Kier alpha value is -8.27. The number of hydrogen-bond acceptors (Lipinski definition) is 4. The largest absolute Gasteiger partial charge is 0.457 e. The van der Waals surface area contributed by atoms with E-state index in [2.05, 4.69) is 161 Å². The number of hydrogen-bond donors (Lipinski definition) is 0. The molecule has 0 saturated carbocycles. The summed E-state index contributed by atoms with van der Waals surface area (Å²) >= 11 is 0. The molecule has 0 bridgehead atoms. The van der Waals surface area contributed by atoms with Crippen LogP contribution >= 0.6 is 0 Å². The van der Waals surface area contributed by atoms with Gasteiger partial charge in [0.25, 0.3) is 0 Å². The molecule has 278 valence electrons. The molecule has 0 radical (unpaired) electrons. The lowest BCUT2D eigenvalue weighted by atomic mass is 9.66. The van der Waals surface area contributed by atoms with E-state index in [1.807, 2.05) is 42.7 Å². The number of fused-ring (bicyclic) bond motifs is 15. The number of nitrogens with zero attached hydrogens (tertiary/aromatic N) is 5. The molecule has 60 heavy (non-hydrogen) atoms. The van der Waals surface area contributed by atoms with E-state index in [-0.39, 0.29) is 0 Å². The summed E-state index contributed by atoms with van der Waals surface area (Å²) < 4.78 is 11.5. The summed E-state index contributed by atoms with van der Waals surface area (Å²) in [6, 6.07) is 64.4. The van der Waals surface area contributed by atoms with Crippen molar-refractivity contribution in [3.8, 4) is 51.5 Å². The number of ether oxygens (including phenoxy) is 1. The van der Waals surface area contributed by atoms with Gasteiger partial charge in [-0.3, -0.25) is 9.97 Å². The molecule has 5 heterocycles. The number of nitriles is 1. The number of rotatable bonds is 3. The Morgan fingerprint density at radius 3 is 1.65 bits per heavy atom. The molecule has 0 saturated heterocycles. The Kier molecular flexibility index (Phi) is 6.62. The highest BCUT2D eigenvalue weighted by Crippen LogP contribution is 2.61. The highest BCUT2D eigenvalue weighted by Gasteiger charge is 2.52. The molecule has 0 unspecified atom stereocenters. The van der Waals surface area contributed by atoms with Crippen molar-refractivity contribution >= 4 is 43.6 Å². The van der Waals surface area contributed by atoms with Crippen molar-refractivity contribution in [2.75, 3.05) is 0 Å². The Morgan fingerprint density at radius 2 is 0.967 bits per heavy atom. The summed E-state index contributed by atoms with van der Waals surface area (Å²) in [6.45, 7) is 0. The van der Waals surface area contributed by atoms with E-state index in [4.69, 9.17) is 14.7 Å². The van der Waals surface area contributed by atoms with Crippen LogP contribution in [0.4, 0.5) is 0 Å². The first-order chi connectivity index (χ1) is 29.7. The van der Waals surface area contributed by atoms with Crippen LogP contribution in [-0.4, -0.2) is 19.1 Å². The Morgan fingerprint density at radius 1 is 0.433 bits per heavy atom. The molecule has 7 aromatic carbocycles. The summed E-state index contributed by atoms with van der Waals surface area (Å²) in [6.07, 6.45) is 3.71. The van der Waals surface area contributed by atoms with Crippen LogP contribution in [0.25, 0.3) is 77.5 Å². The second kappa shape index (κ2) is 12.1. The molecule has 13 rings (SSSR count). The number of para-hydroxylation sites is 4. The maximum atomic E-state index is 9.91. The van der Waals surface area contributed by atoms with Gasteiger partial charge in [0.05, 0.1) is 61.9 Å². The molecule has 0 atom stereocenters. The molecular weight excluding hydrogens is 735 g/mol. The molecule has 1 spiro atoms. The lowest BCUT2D eigenvalue weighted by Crippen LogP contribution is -2.32. The summed E-state index contributed by atoms with van der Waals surface area (Å²) in [5.41, 5.74) is 14.6. The van der Waals surface area contributed by atoms with E-state index in [1.165, 1.54) is 10.8 Å². The molecule has 2 aliphatic rings. The Labute approximate surface area is 344 Å². The van der Waals surface area contributed by atoms with E-state index in [0.717, 1.165) is 100 Å². The van der Waals surface area contributed by atoms with Crippen LogP contribution in [0.3, 0.4) is 0 Å². The molecule has 11 aromatic rings. The molecule has 6 nitrogen and oxygen atoms in total. The molecule has 0 fully saturated rings. The third-order valence-corrected chi connectivity index (χ3v) is 12.7. The van der Waals surface area contributed by atoms with Crippen LogP contribution < -0.4 is 4.74 Å². The summed E-state index contributed by atoms with van der Waals surface area (Å²) in [5.74, 6) is 1.64. The molecular formula is C54H31N5O. The highest BCUT2D eigenvalue weighted by atomic mass is 16.5. The van der Waals surface area contributed by atoms with E-state index < -0.39 is 5.41 Å². The van der Waals surface area contributed by atoms with Crippen molar-refractivity contribution in [3.63, 3.8) is 0 Å². The average molecular weight is 766 g/mol. The van der Waals surface area contributed by atoms with Crippen LogP contribution in [0.2, 0.25) is 0 Å². The summed E-state index contributed by atoms with van der Waals surface area (Å²) in [7, 11) is 0. The highest BCUT2D eigenvalue weighted by molar-refractivity contribution is 6.12. The standard InChI is InChI=1S/C54H31N5O/c55-32-33-21-24-47-39(29-33)38-13-3-7-19-46(38)58(47)48-25-22-35(31-49(48)59-44-17-5-1-11-36(44)37-12-2-6-18-45(37)59)34-23-26-51-43(30-34)54(40-14-4-8-20-50(40)60-51)41-15-9-27-56-52(41)53-42(54)16-10-28-57-53/h1-31H. The van der Waals surface area contributed by atoms with Crippen molar-refractivity contribution in [2.24, 2.45) is 0 Å². The van der Waals surface area contributed by atoms with Crippen LogP contribution in [0, 0.1) is 11.3 Å². The zero-order chi connectivity index (χ0) is 39.5. The van der Waals surface area contributed by atoms with E-state index >= 15 is 0 Å². The van der Waals surface area contributed by atoms with Gasteiger partial charge in [-0.05, 0) is 101 Å². The molecule has 1 aliphatic heterocycles. The molecule has 4 aromatic heterocycles. The minimum atomic E-state index is -0.686. The Balaban J connectivity index is 1.11. The molecule has 1 aliphatic carbocycles. The van der Waals surface area contributed by atoms with Gasteiger partial charge in [0.2, 0.25) is 0 Å². The van der Waals surface area contributed by atoms with Gasteiger partial charge in [0.1, 0.15) is 11.5 Å². The Bertz CT molecular complexity index is 3580. The zero-order valence-electron chi connectivity index (χ0n) is 32.0. The summed E-state index contributed by atoms with van der Waals surface area (Å²) in [5, 5.41) is 14.4. The second-order valence-corrected chi connectivity index (χ2v) is 15.6. The summed E-state index contributed by atoms with van der Waals surface area (Å²) in [4.78, 5) is 9.86. The first-order valence-electron chi connectivity index (χ1n) is 20.1. The maximum Gasteiger partial charge on any atom is 0.132 e. The lowest BCUT2D eigenvalue weighted by Gasteiger charge is -2.39. The normalized spacial score (nSPS) is 13.2. The smallest absolute Gasteiger partial charge is 0.132 e. The lowest BCUT2D eigenvalue weighted by molar-refractivity contribution is 0.436. The van der Waals surface area contributed by atoms with Crippen molar-refractivity contribution in [1.82, 2.24) is 19.1 Å². The SMILES string of the molecule is N#Cc1ccc2c(c1)c1ccccc1n2-c1ccc(-c2ccc3c(c2)C2(c4ccccc4O3)c3cccnc3-c3ncccc32)cc1-n1c2ccccc2c2ccccc21. The first kappa shape index (κ1) is 32.8. The quantitative estimate of drug-likeness (QED) is 0.180. The fourth-order valence-corrected chi connectivity index (χ4v) is 10.3.